The van der Waals surface area contributed by atoms with Gasteiger partial charge in [0.2, 0.25) is 15.9 Å². The average molecular weight is 388 g/mol. The van der Waals surface area contributed by atoms with Gasteiger partial charge < -0.3 is 15.4 Å². The van der Waals surface area contributed by atoms with Crippen molar-refractivity contribution in [3.63, 3.8) is 0 Å². The van der Waals surface area contributed by atoms with Gasteiger partial charge in [0.25, 0.3) is 0 Å². The number of nitrogens with zero attached hydrogens (tertiary/aromatic N) is 1. The number of nitrogens with one attached hydrogen (secondary N) is 2. The van der Waals surface area contributed by atoms with Gasteiger partial charge in [-0.05, 0) is 31.0 Å². The molecule has 1 amide bonds. The van der Waals surface area contributed by atoms with Crippen molar-refractivity contribution in [2.24, 2.45) is 0 Å². The summed E-state index contributed by atoms with van der Waals surface area (Å²) in [6.45, 7) is 3.72. The summed E-state index contributed by atoms with van der Waals surface area (Å²) in [5.74, 6) is -0.245. The van der Waals surface area contributed by atoms with Crippen molar-refractivity contribution >= 4 is 33.2 Å². The standard InChI is InChI=1S/C16H22ClN3O4S/c1-11-2-3-12(17)8-14(11)19-16(21)15-9-13(10-18-15)25(22,23)20-4-6-24-7-5-20/h2-3,8,13,15,18H,4-7,9-10H2,1H3,(H,19,21). The van der Waals surface area contributed by atoms with E-state index in [-0.39, 0.29) is 18.9 Å². The first-order valence-corrected chi connectivity index (χ1v) is 10.1. The third kappa shape index (κ3) is 4.15. The molecule has 138 valence electrons. The lowest BCUT2D eigenvalue weighted by Crippen LogP contribution is -2.45. The number of hydrogen-bond donors (Lipinski definition) is 2. The van der Waals surface area contributed by atoms with Gasteiger partial charge in [-0.2, -0.15) is 4.31 Å². The molecule has 0 saturated carbocycles. The van der Waals surface area contributed by atoms with E-state index in [0.29, 0.717) is 37.0 Å². The van der Waals surface area contributed by atoms with Gasteiger partial charge in [0.05, 0.1) is 24.5 Å². The molecule has 2 unspecified atom stereocenters. The van der Waals surface area contributed by atoms with E-state index >= 15 is 0 Å². The third-order valence-electron chi connectivity index (χ3n) is 4.62. The molecule has 3 rings (SSSR count). The Morgan fingerprint density at radius 3 is 2.80 bits per heavy atom. The fourth-order valence-electron chi connectivity index (χ4n) is 3.09. The van der Waals surface area contributed by atoms with E-state index in [9.17, 15) is 13.2 Å². The summed E-state index contributed by atoms with van der Waals surface area (Å²) in [6, 6.07) is 4.72. The second-order valence-electron chi connectivity index (χ2n) is 6.32. The van der Waals surface area contributed by atoms with Gasteiger partial charge in [-0.3, -0.25) is 4.79 Å². The van der Waals surface area contributed by atoms with E-state index in [2.05, 4.69) is 10.6 Å². The maximum absolute atomic E-state index is 12.7. The Kier molecular flexibility index (Phi) is 5.65. The maximum Gasteiger partial charge on any atom is 0.241 e. The SMILES string of the molecule is Cc1ccc(Cl)cc1NC(=O)C1CC(S(=O)(=O)N2CCOCC2)CN1. The van der Waals surface area contributed by atoms with E-state index < -0.39 is 21.3 Å². The molecule has 2 atom stereocenters. The van der Waals surface area contributed by atoms with Gasteiger partial charge in [0.15, 0.2) is 0 Å². The molecule has 25 heavy (non-hydrogen) atoms. The lowest BCUT2D eigenvalue weighted by atomic mass is 10.1. The fourth-order valence-corrected chi connectivity index (χ4v) is 5.08. The van der Waals surface area contributed by atoms with Gasteiger partial charge in [0, 0.05) is 30.3 Å². The van der Waals surface area contributed by atoms with Crippen LogP contribution >= 0.6 is 11.6 Å². The largest absolute Gasteiger partial charge is 0.379 e. The van der Waals surface area contributed by atoms with Crippen LogP contribution in [-0.4, -0.2) is 62.8 Å². The molecule has 2 heterocycles. The highest BCUT2D eigenvalue weighted by atomic mass is 35.5. The lowest BCUT2D eigenvalue weighted by Gasteiger charge is -2.28. The number of halogens is 1. The van der Waals surface area contributed by atoms with Gasteiger partial charge >= 0.3 is 0 Å². The molecule has 2 N–H and O–H groups in total. The van der Waals surface area contributed by atoms with E-state index in [1.807, 2.05) is 13.0 Å². The summed E-state index contributed by atoms with van der Waals surface area (Å²) in [6.07, 6.45) is 0.255. The van der Waals surface area contributed by atoms with Gasteiger partial charge in [0.1, 0.15) is 0 Å². The molecule has 2 aliphatic heterocycles. The van der Waals surface area contributed by atoms with Crippen LogP contribution in [0.15, 0.2) is 18.2 Å². The molecule has 2 saturated heterocycles. The zero-order chi connectivity index (χ0) is 18.0. The minimum absolute atomic E-state index is 0.245. The van der Waals surface area contributed by atoms with Crippen LogP contribution < -0.4 is 10.6 Å². The molecule has 2 aliphatic rings. The molecule has 1 aromatic carbocycles. The monoisotopic (exact) mass is 387 g/mol. The number of ether oxygens (including phenoxy) is 1. The molecular weight excluding hydrogens is 366 g/mol. The summed E-state index contributed by atoms with van der Waals surface area (Å²) < 4.78 is 32.1. The van der Waals surface area contributed by atoms with Crippen LogP contribution in [0.3, 0.4) is 0 Å². The summed E-state index contributed by atoms with van der Waals surface area (Å²) in [5.41, 5.74) is 1.53. The molecule has 0 spiro atoms. The first-order chi connectivity index (χ1) is 11.9. The molecule has 0 bridgehead atoms. The molecule has 0 aromatic heterocycles. The van der Waals surface area contributed by atoms with E-state index in [4.69, 9.17) is 16.3 Å². The third-order valence-corrected chi connectivity index (χ3v) is 7.14. The molecule has 1 aromatic rings. The second kappa shape index (κ2) is 7.59. The number of carbonyl (C=O) groups is 1. The van der Waals surface area contributed by atoms with Gasteiger partial charge in [-0.15, -0.1) is 0 Å². The number of sulfonamides is 1. The number of benzene rings is 1. The van der Waals surface area contributed by atoms with Crippen LogP contribution in [0.5, 0.6) is 0 Å². The first-order valence-electron chi connectivity index (χ1n) is 8.25. The molecule has 2 fully saturated rings. The quantitative estimate of drug-likeness (QED) is 0.804. The van der Waals surface area contributed by atoms with Crippen LogP contribution in [0.25, 0.3) is 0 Å². The number of morpholine rings is 1. The summed E-state index contributed by atoms with van der Waals surface area (Å²) in [5, 5.41) is 5.79. The van der Waals surface area contributed by atoms with Crippen LogP contribution in [-0.2, 0) is 19.6 Å². The van der Waals surface area contributed by atoms with E-state index in [0.717, 1.165) is 5.56 Å². The summed E-state index contributed by atoms with van der Waals surface area (Å²) >= 11 is 5.97. The Labute approximate surface area is 152 Å². The van der Waals surface area contributed by atoms with Gasteiger partial charge in [-0.1, -0.05) is 17.7 Å². The van der Waals surface area contributed by atoms with Crippen LogP contribution in [0, 0.1) is 6.92 Å². The maximum atomic E-state index is 12.7. The summed E-state index contributed by atoms with van der Waals surface area (Å²) in [7, 11) is -3.43. The molecule has 0 radical (unpaired) electrons. The number of anilines is 1. The fraction of sp³-hybridized carbons (Fsp3) is 0.562. The minimum atomic E-state index is -3.43. The Morgan fingerprint density at radius 2 is 2.08 bits per heavy atom. The number of carbonyl (C=O) groups excluding carboxylic acids is 1. The van der Waals surface area contributed by atoms with E-state index in [1.54, 1.807) is 12.1 Å². The van der Waals surface area contributed by atoms with Crippen LogP contribution in [0.4, 0.5) is 5.69 Å². The minimum Gasteiger partial charge on any atom is -0.379 e. The Balaban J connectivity index is 1.64. The van der Waals surface area contributed by atoms with Crippen molar-refractivity contribution in [1.82, 2.24) is 9.62 Å². The van der Waals surface area contributed by atoms with Crippen LogP contribution in [0.1, 0.15) is 12.0 Å². The number of hydrogen-bond acceptors (Lipinski definition) is 5. The van der Waals surface area contributed by atoms with Crippen molar-refractivity contribution in [3.05, 3.63) is 28.8 Å². The van der Waals surface area contributed by atoms with Crippen molar-refractivity contribution < 1.29 is 17.9 Å². The Hall–Kier alpha value is -1.19. The highest BCUT2D eigenvalue weighted by molar-refractivity contribution is 7.89. The normalized spacial score (nSPS) is 25.0. The van der Waals surface area contributed by atoms with Crippen molar-refractivity contribution in [2.75, 3.05) is 38.2 Å². The smallest absolute Gasteiger partial charge is 0.241 e. The lowest BCUT2D eigenvalue weighted by molar-refractivity contribution is -0.117. The topological polar surface area (TPSA) is 87.7 Å². The highest BCUT2D eigenvalue weighted by Crippen LogP contribution is 2.23. The van der Waals surface area contributed by atoms with Crippen LogP contribution in [0.2, 0.25) is 5.02 Å². The molecule has 7 nitrogen and oxygen atoms in total. The molecular formula is C16H22ClN3O4S. The first kappa shape index (κ1) is 18.6. The number of aryl methyl sites for hydroxylation is 1. The second-order valence-corrected chi connectivity index (χ2v) is 8.97. The number of rotatable bonds is 4. The van der Waals surface area contributed by atoms with Crippen molar-refractivity contribution in [3.8, 4) is 0 Å². The molecule has 0 aliphatic carbocycles. The van der Waals surface area contributed by atoms with E-state index in [1.165, 1.54) is 4.31 Å². The number of amides is 1. The zero-order valence-corrected chi connectivity index (χ0v) is 15.6. The Bertz CT molecular complexity index is 750. The Morgan fingerprint density at radius 1 is 1.36 bits per heavy atom. The summed E-state index contributed by atoms with van der Waals surface area (Å²) in [4.78, 5) is 12.5. The van der Waals surface area contributed by atoms with Gasteiger partial charge in [-0.25, -0.2) is 8.42 Å². The molecule has 9 heteroatoms. The predicted molar refractivity (Wildman–Crippen MR) is 96.3 cm³/mol. The highest BCUT2D eigenvalue weighted by Gasteiger charge is 2.40. The predicted octanol–water partition coefficient (Wildman–Crippen LogP) is 0.979. The average Bonchev–Trinajstić information content (AvgIpc) is 3.10. The van der Waals surface area contributed by atoms with Crippen molar-refractivity contribution in [2.45, 2.75) is 24.6 Å². The van der Waals surface area contributed by atoms with Crippen molar-refractivity contribution in [1.29, 1.82) is 0 Å². The zero-order valence-electron chi connectivity index (χ0n) is 14.0.